The highest BCUT2D eigenvalue weighted by Gasteiger charge is 2.26. The van der Waals surface area contributed by atoms with E-state index in [1.54, 1.807) is 36.1 Å². The molecule has 1 aliphatic heterocycles. The zero-order valence-corrected chi connectivity index (χ0v) is 14.4. The van der Waals surface area contributed by atoms with Crippen LogP contribution >= 0.6 is 0 Å². The van der Waals surface area contributed by atoms with Crippen LogP contribution in [0.4, 0.5) is 0 Å². The summed E-state index contributed by atoms with van der Waals surface area (Å²) >= 11 is 0. The van der Waals surface area contributed by atoms with E-state index in [1.165, 1.54) is 0 Å². The minimum absolute atomic E-state index is 0.0587. The number of benzene rings is 1. The number of carbonyl (C=O) groups is 1. The van der Waals surface area contributed by atoms with Crippen LogP contribution in [0.1, 0.15) is 25.3 Å². The number of nitrogens with two attached hydrogens (primary N) is 1. The Morgan fingerprint density at radius 2 is 1.87 bits per heavy atom. The average Bonchev–Trinajstić information content (AvgIpc) is 2.53. The second-order valence-electron chi connectivity index (χ2n) is 6.11. The highest BCUT2D eigenvalue weighted by atomic mass is 32.2. The Balaban J connectivity index is 1.85. The third-order valence-corrected chi connectivity index (χ3v) is 5.38. The molecule has 1 atom stereocenters. The first-order valence-electron chi connectivity index (χ1n) is 7.80. The van der Waals surface area contributed by atoms with Gasteiger partial charge in [0.05, 0.1) is 17.5 Å². The summed E-state index contributed by atoms with van der Waals surface area (Å²) in [4.78, 5) is 13.7. The lowest BCUT2D eigenvalue weighted by Crippen LogP contribution is -2.46. The van der Waals surface area contributed by atoms with Gasteiger partial charge in [-0.15, -0.1) is 0 Å². The van der Waals surface area contributed by atoms with E-state index in [0.717, 1.165) is 18.4 Å². The molecule has 1 aromatic carbocycles. The van der Waals surface area contributed by atoms with Gasteiger partial charge in [0.1, 0.15) is 0 Å². The van der Waals surface area contributed by atoms with Crippen molar-refractivity contribution < 1.29 is 17.4 Å². The van der Waals surface area contributed by atoms with Gasteiger partial charge in [-0.05, 0) is 44.7 Å². The van der Waals surface area contributed by atoms with Crippen molar-refractivity contribution in [2.24, 2.45) is 11.7 Å². The second-order valence-corrected chi connectivity index (χ2v) is 7.72. The average molecular weight is 340 g/mol. The van der Waals surface area contributed by atoms with Crippen LogP contribution in [0, 0.1) is 12.8 Å². The summed E-state index contributed by atoms with van der Waals surface area (Å²) in [6.07, 6.45) is 1.45. The summed E-state index contributed by atoms with van der Waals surface area (Å²) in [5, 5.41) is 0. The number of amides is 1. The van der Waals surface area contributed by atoms with Crippen LogP contribution < -0.4 is 5.73 Å². The first-order chi connectivity index (χ1) is 10.8. The van der Waals surface area contributed by atoms with Gasteiger partial charge in [-0.1, -0.05) is 17.7 Å². The van der Waals surface area contributed by atoms with Crippen LogP contribution in [0.15, 0.2) is 29.2 Å². The van der Waals surface area contributed by atoms with E-state index in [9.17, 15) is 13.2 Å². The molecular weight excluding hydrogens is 316 g/mol. The summed E-state index contributed by atoms with van der Waals surface area (Å²) in [5.74, 6) is 0.0731. The van der Waals surface area contributed by atoms with Crippen LogP contribution in [0.3, 0.4) is 0 Å². The quantitative estimate of drug-likeness (QED) is 0.816. The van der Waals surface area contributed by atoms with Crippen molar-refractivity contribution in [3.05, 3.63) is 29.8 Å². The number of aryl methyl sites for hydroxylation is 1. The maximum Gasteiger partial charge on any atom is 0.296 e. The molecule has 7 heteroatoms. The number of carbonyl (C=O) groups excluding carboxylic acids is 1. The van der Waals surface area contributed by atoms with E-state index in [4.69, 9.17) is 9.92 Å². The lowest BCUT2D eigenvalue weighted by molar-refractivity contribution is -0.133. The molecule has 0 unspecified atom stereocenters. The summed E-state index contributed by atoms with van der Waals surface area (Å²) < 4.78 is 29.5. The van der Waals surface area contributed by atoms with Gasteiger partial charge in [-0.2, -0.15) is 8.42 Å². The molecule has 2 N–H and O–H groups in total. The Morgan fingerprint density at radius 1 is 1.30 bits per heavy atom. The Morgan fingerprint density at radius 3 is 2.39 bits per heavy atom. The molecule has 2 rings (SSSR count). The molecule has 23 heavy (non-hydrogen) atoms. The van der Waals surface area contributed by atoms with E-state index in [2.05, 4.69) is 0 Å². The van der Waals surface area contributed by atoms with E-state index in [1.807, 2.05) is 6.92 Å². The summed E-state index contributed by atoms with van der Waals surface area (Å²) in [6.45, 7) is 4.91. The lowest BCUT2D eigenvalue weighted by Gasteiger charge is -2.32. The largest absolute Gasteiger partial charge is 0.341 e. The molecule has 0 spiro atoms. The predicted octanol–water partition coefficient (Wildman–Crippen LogP) is 1.29. The van der Waals surface area contributed by atoms with Gasteiger partial charge >= 0.3 is 0 Å². The van der Waals surface area contributed by atoms with Gasteiger partial charge < -0.3 is 10.6 Å². The van der Waals surface area contributed by atoms with Crippen LogP contribution in [0.2, 0.25) is 0 Å². The monoisotopic (exact) mass is 340 g/mol. The minimum Gasteiger partial charge on any atom is -0.341 e. The fraction of sp³-hybridized carbons (Fsp3) is 0.562. The van der Waals surface area contributed by atoms with Crippen LogP contribution in [0.25, 0.3) is 0 Å². The van der Waals surface area contributed by atoms with Gasteiger partial charge in [-0.25, -0.2) is 0 Å². The fourth-order valence-electron chi connectivity index (χ4n) is 2.57. The molecule has 0 saturated carbocycles. The molecule has 1 amide bonds. The molecule has 1 aliphatic rings. The maximum absolute atomic E-state index is 12.1. The number of hydrogen-bond acceptors (Lipinski definition) is 5. The zero-order valence-electron chi connectivity index (χ0n) is 13.6. The molecule has 0 aromatic heterocycles. The van der Waals surface area contributed by atoms with Crippen molar-refractivity contribution in [1.82, 2.24) is 4.90 Å². The van der Waals surface area contributed by atoms with Crippen molar-refractivity contribution in [2.45, 2.75) is 37.6 Å². The van der Waals surface area contributed by atoms with Gasteiger partial charge in [-0.3, -0.25) is 8.98 Å². The Labute approximate surface area is 137 Å². The van der Waals surface area contributed by atoms with E-state index >= 15 is 0 Å². The molecule has 0 bridgehead atoms. The minimum atomic E-state index is -3.72. The SMILES string of the molecule is Cc1ccc(S(=O)(=O)OCC2CCN(C(=O)[C@@H](C)N)CC2)cc1. The summed E-state index contributed by atoms with van der Waals surface area (Å²) in [5.41, 5.74) is 6.59. The van der Waals surface area contributed by atoms with Crippen molar-refractivity contribution in [1.29, 1.82) is 0 Å². The molecule has 128 valence electrons. The number of nitrogens with zero attached hydrogens (tertiary/aromatic N) is 1. The molecule has 6 nitrogen and oxygen atoms in total. The van der Waals surface area contributed by atoms with Crippen LogP contribution in [-0.2, 0) is 19.1 Å². The molecule has 1 aromatic rings. The van der Waals surface area contributed by atoms with Crippen molar-refractivity contribution >= 4 is 16.0 Å². The number of rotatable bonds is 5. The molecule has 1 saturated heterocycles. The van der Waals surface area contributed by atoms with E-state index < -0.39 is 16.2 Å². The normalized spacial score (nSPS) is 18.0. The van der Waals surface area contributed by atoms with E-state index in [-0.39, 0.29) is 23.3 Å². The topological polar surface area (TPSA) is 89.7 Å². The third kappa shape index (κ3) is 4.76. The molecule has 1 heterocycles. The van der Waals surface area contributed by atoms with Gasteiger partial charge in [0.15, 0.2) is 0 Å². The molecular formula is C16H24N2O4S. The van der Waals surface area contributed by atoms with Crippen LogP contribution in [-0.4, -0.2) is 45.0 Å². The van der Waals surface area contributed by atoms with E-state index in [0.29, 0.717) is 13.1 Å². The maximum atomic E-state index is 12.1. The van der Waals surface area contributed by atoms with Crippen molar-refractivity contribution in [3.63, 3.8) is 0 Å². The zero-order chi connectivity index (χ0) is 17.0. The predicted molar refractivity (Wildman–Crippen MR) is 87.3 cm³/mol. The number of likely N-dealkylation sites (tertiary alicyclic amines) is 1. The smallest absolute Gasteiger partial charge is 0.296 e. The first kappa shape index (κ1) is 17.9. The fourth-order valence-corrected chi connectivity index (χ4v) is 3.54. The summed E-state index contributed by atoms with van der Waals surface area (Å²) in [6, 6.07) is 6.09. The summed E-state index contributed by atoms with van der Waals surface area (Å²) in [7, 11) is -3.72. The molecule has 1 fully saturated rings. The second kappa shape index (κ2) is 7.42. The highest BCUT2D eigenvalue weighted by molar-refractivity contribution is 7.86. The van der Waals surface area contributed by atoms with Crippen molar-refractivity contribution in [2.75, 3.05) is 19.7 Å². The van der Waals surface area contributed by atoms with Gasteiger partial charge in [0.2, 0.25) is 5.91 Å². The Kier molecular flexibility index (Phi) is 5.78. The Bertz CT molecular complexity index is 633. The third-order valence-electron chi connectivity index (χ3n) is 4.08. The molecule has 0 aliphatic carbocycles. The standard InChI is InChI=1S/C16H24N2O4S/c1-12-3-5-15(6-4-12)23(20,21)22-11-14-7-9-18(10-8-14)16(19)13(2)17/h3-6,13-14H,7-11,17H2,1-2H3/t13-/m1/s1. The van der Waals surface area contributed by atoms with Gasteiger partial charge in [0, 0.05) is 13.1 Å². The highest BCUT2D eigenvalue weighted by Crippen LogP contribution is 2.21. The van der Waals surface area contributed by atoms with Crippen molar-refractivity contribution in [3.8, 4) is 0 Å². The number of hydrogen-bond donors (Lipinski definition) is 1. The van der Waals surface area contributed by atoms with Crippen LogP contribution in [0.5, 0.6) is 0 Å². The van der Waals surface area contributed by atoms with Gasteiger partial charge in [0.25, 0.3) is 10.1 Å². The number of piperidine rings is 1. The first-order valence-corrected chi connectivity index (χ1v) is 9.21. The Hall–Kier alpha value is -1.44. The lowest BCUT2D eigenvalue weighted by atomic mass is 9.97. The molecule has 0 radical (unpaired) electrons.